The molecule has 1 heterocycles. The smallest absolute Gasteiger partial charge is 0.265 e. The number of carbonyl (C=O) groups excluding carboxylic acids is 1. The Morgan fingerprint density at radius 2 is 1.65 bits per heavy atom. The molecule has 1 amide bonds. The Balaban J connectivity index is 1.56. The van der Waals surface area contributed by atoms with Gasteiger partial charge in [-0.3, -0.25) is 4.79 Å². The Bertz CT molecular complexity index is 1180. The number of amides is 1. The van der Waals surface area contributed by atoms with Crippen molar-refractivity contribution in [1.82, 2.24) is 10.2 Å². The van der Waals surface area contributed by atoms with Gasteiger partial charge in [0.15, 0.2) is 6.10 Å². The third-order valence-corrected chi connectivity index (χ3v) is 4.63. The molecule has 156 valence electrons. The predicted octanol–water partition coefficient (Wildman–Crippen LogP) is 5.34. The minimum atomic E-state index is -0.836. The largest absolute Gasteiger partial charge is 0.480 e. The Morgan fingerprint density at radius 1 is 0.968 bits per heavy atom. The van der Waals surface area contributed by atoms with Crippen LogP contribution < -0.4 is 10.1 Å². The molecule has 1 atom stereocenters. The van der Waals surface area contributed by atoms with Gasteiger partial charge in [-0.2, -0.15) is 0 Å². The second-order valence-corrected chi connectivity index (χ2v) is 6.76. The highest BCUT2D eigenvalue weighted by Crippen LogP contribution is 2.32. The lowest BCUT2D eigenvalue weighted by atomic mass is 10.2. The molecule has 6 nitrogen and oxygen atoms in total. The third-order valence-electron chi connectivity index (χ3n) is 4.63. The number of para-hydroxylation sites is 2. The van der Waals surface area contributed by atoms with E-state index in [2.05, 4.69) is 15.5 Å². The SMILES string of the molecule is CC[C@H](Oc1ccccc1-c1nnc(-c2ccccc2)o1)C(=O)Nc1ccccc1F. The van der Waals surface area contributed by atoms with Crippen LogP contribution >= 0.6 is 0 Å². The molecule has 0 aliphatic heterocycles. The standard InChI is InChI=1S/C24H20FN3O3/c1-2-20(22(29)26-19-14-8-7-13-18(19)25)30-21-15-9-6-12-17(21)24-28-27-23(31-24)16-10-4-3-5-11-16/h3-15,20H,2H2,1H3,(H,26,29)/t20-/m0/s1. The monoisotopic (exact) mass is 417 g/mol. The van der Waals surface area contributed by atoms with E-state index in [4.69, 9.17) is 9.15 Å². The van der Waals surface area contributed by atoms with Crippen molar-refractivity contribution in [3.8, 4) is 28.7 Å². The van der Waals surface area contributed by atoms with Crippen molar-refractivity contribution >= 4 is 11.6 Å². The maximum atomic E-state index is 13.9. The van der Waals surface area contributed by atoms with Gasteiger partial charge in [0.05, 0.1) is 11.3 Å². The number of hydrogen-bond donors (Lipinski definition) is 1. The first-order valence-electron chi connectivity index (χ1n) is 9.86. The highest BCUT2D eigenvalue weighted by Gasteiger charge is 2.22. The van der Waals surface area contributed by atoms with Gasteiger partial charge in [0.25, 0.3) is 11.8 Å². The normalized spacial score (nSPS) is 11.7. The van der Waals surface area contributed by atoms with Crippen molar-refractivity contribution in [3.05, 3.63) is 84.7 Å². The molecule has 4 aromatic rings. The number of rotatable bonds is 7. The Kier molecular flexibility index (Phi) is 6.03. The summed E-state index contributed by atoms with van der Waals surface area (Å²) >= 11 is 0. The average Bonchev–Trinajstić information content (AvgIpc) is 3.30. The van der Waals surface area contributed by atoms with Gasteiger partial charge in [0.2, 0.25) is 5.89 Å². The fourth-order valence-corrected chi connectivity index (χ4v) is 3.03. The van der Waals surface area contributed by atoms with Crippen molar-refractivity contribution < 1.29 is 18.3 Å². The second-order valence-electron chi connectivity index (χ2n) is 6.76. The van der Waals surface area contributed by atoms with Crippen LogP contribution in [0.1, 0.15) is 13.3 Å². The van der Waals surface area contributed by atoms with Crippen molar-refractivity contribution in [3.63, 3.8) is 0 Å². The minimum absolute atomic E-state index is 0.104. The van der Waals surface area contributed by atoms with E-state index in [1.54, 1.807) is 30.3 Å². The molecule has 0 aliphatic rings. The Labute approximate surface area is 178 Å². The average molecular weight is 417 g/mol. The molecule has 1 aromatic heterocycles. The molecule has 0 aliphatic carbocycles. The van der Waals surface area contributed by atoms with Gasteiger partial charge in [-0.15, -0.1) is 10.2 Å². The first-order valence-corrected chi connectivity index (χ1v) is 9.86. The second kappa shape index (κ2) is 9.21. The molecule has 1 N–H and O–H groups in total. The maximum absolute atomic E-state index is 13.9. The fraction of sp³-hybridized carbons (Fsp3) is 0.125. The Morgan fingerprint density at radius 3 is 2.42 bits per heavy atom. The van der Waals surface area contributed by atoms with Crippen LogP contribution in [-0.4, -0.2) is 22.2 Å². The van der Waals surface area contributed by atoms with Gasteiger partial charge in [-0.25, -0.2) is 4.39 Å². The zero-order valence-corrected chi connectivity index (χ0v) is 16.8. The van der Waals surface area contributed by atoms with Crippen LogP contribution in [0.5, 0.6) is 5.75 Å². The van der Waals surface area contributed by atoms with Gasteiger partial charge in [0, 0.05) is 5.56 Å². The fourth-order valence-electron chi connectivity index (χ4n) is 3.03. The summed E-state index contributed by atoms with van der Waals surface area (Å²) in [5, 5.41) is 10.8. The summed E-state index contributed by atoms with van der Waals surface area (Å²) in [4.78, 5) is 12.7. The molecule has 0 radical (unpaired) electrons. The number of nitrogens with zero attached hydrogens (tertiary/aromatic N) is 2. The van der Waals surface area contributed by atoms with Crippen LogP contribution in [0.25, 0.3) is 22.9 Å². The third kappa shape index (κ3) is 4.61. The van der Waals surface area contributed by atoms with Crippen LogP contribution in [0.3, 0.4) is 0 Å². The quantitative estimate of drug-likeness (QED) is 0.439. The number of ether oxygens (including phenoxy) is 1. The zero-order chi connectivity index (χ0) is 21.6. The van der Waals surface area contributed by atoms with E-state index in [-0.39, 0.29) is 11.6 Å². The molecule has 0 saturated carbocycles. The molecule has 4 rings (SSSR count). The van der Waals surface area contributed by atoms with E-state index in [1.807, 2.05) is 43.3 Å². The molecule has 0 saturated heterocycles. The lowest BCUT2D eigenvalue weighted by Crippen LogP contribution is -2.32. The summed E-state index contributed by atoms with van der Waals surface area (Å²) < 4.78 is 25.7. The van der Waals surface area contributed by atoms with Gasteiger partial charge < -0.3 is 14.5 Å². The number of benzene rings is 3. The molecule has 31 heavy (non-hydrogen) atoms. The molecule has 0 spiro atoms. The van der Waals surface area contributed by atoms with Crippen LogP contribution in [0.2, 0.25) is 0 Å². The molecule has 3 aromatic carbocycles. The molecule has 7 heteroatoms. The van der Waals surface area contributed by atoms with Crippen molar-refractivity contribution in [2.24, 2.45) is 0 Å². The first-order chi connectivity index (χ1) is 15.2. The molecule has 0 bridgehead atoms. The van der Waals surface area contributed by atoms with Crippen LogP contribution in [0.4, 0.5) is 10.1 Å². The highest BCUT2D eigenvalue weighted by molar-refractivity contribution is 5.94. The summed E-state index contributed by atoms with van der Waals surface area (Å²) in [6, 6.07) is 22.5. The molecule has 0 unspecified atom stereocenters. The molecular formula is C24H20FN3O3. The first kappa shape index (κ1) is 20.3. The molecular weight excluding hydrogens is 397 g/mol. The van der Waals surface area contributed by atoms with Crippen LogP contribution in [0, 0.1) is 5.82 Å². The predicted molar refractivity (Wildman–Crippen MR) is 115 cm³/mol. The highest BCUT2D eigenvalue weighted by atomic mass is 19.1. The number of anilines is 1. The number of nitrogens with one attached hydrogen (secondary N) is 1. The van der Waals surface area contributed by atoms with E-state index in [0.29, 0.717) is 23.6 Å². The lowest BCUT2D eigenvalue weighted by Gasteiger charge is -2.18. The van der Waals surface area contributed by atoms with E-state index in [9.17, 15) is 9.18 Å². The van der Waals surface area contributed by atoms with Gasteiger partial charge in [-0.05, 0) is 42.8 Å². The van der Waals surface area contributed by atoms with Crippen molar-refractivity contribution in [1.29, 1.82) is 0 Å². The number of aromatic nitrogens is 2. The van der Waals surface area contributed by atoms with Crippen molar-refractivity contribution in [2.75, 3.05) is 5.32 Å². The summed E-state index contributed by atoms with van der Waals surface area (Å²) in [5.74, 6) is 0.123. The van der Waals surface area contributed by atoms with E-state index in [1.165, 1.54) is 12.1 Å². The summed E-state index contributed by atoms with van der Waals surface area (Å²) in [7, 11) is 0. The minimum Gasteiger partial charge on any atom is -0.480 e. The van der Waals surface area contributed by atoms with E-state index >= 15 is 0 Å². The number of hydrogen-bond acceptors (Lipinski definition) is 5. The van der Waals surface area contributed by atoms with E-state index in [0.717, 1.165) is 5.56 Å². The number of carbonyl (C=O) groups is 1. The lowest BCUT2D eigenvalue weighted by molar-refractivity contribution is -0.122. The topological polar surface area (TPSA) is 77.2 Å². The van der Waals surface area contributed by atoms with Crippen molar-refractivity contribution in [2.45, 2.75) is 19.4 Å². The Hall–Kier alpha value is -4.00. The summed E-state index contributed by atoms with van der Waals surface area (Å²) in [5.41, 5.74) is 1.47. The molecule has 0 fully saturated rings. The van der Waals surface area contributed by atoms with Gasteiger partial charge in [0.1, 0.15) is 11.6 Å². The summed E-state index contributed by atoms with van der Waals surface area (Å²) in [6.07, 6.45) is -0.453. The summed E-state index contributed by atoms with van der Waals surface area (Å²) in [6.45, 7) is 1.81. The van der Waals surface area contributed by atoms with Gasteiger partial charge >= 0.3 is 0 Å². The van der Waals surface area contributed by atoms with Crippen LogP contribution in [-0.2, 0) is 4.79 Å². The van der Waals surface area contributed by atoms with Crippen LogP contribution in [0.15, 0.2) is 83.3 Å². The van der Waals surface area contributed by atoms with E-state index < -0.39 is 17.8 Å². The maximum Gasteiger partial charge on any atom is 0.265 e. The van der Waals surface area contributed by atoms with Gasteiger partial charge in [-0.1, -0.05) is 49.4 Å². The number of halogens is 1. The zero-order valence-electron chi connectivity index (χ0n) is 16.8.